The Hall–Kier alpha value is -0.870. The number of aromatic amines is 1. The van der Waals surface area contributed by atoms with Gasteiger partial charge in [-0.2, -0.15) is 5.10 Å². The van der Waals surface area contributed by atoms with E-state index < -0.39 is 6.10 Å². The Balaban J connectivity index is 2.65. The molecule has 0 spiro atoms. The molecule has 0 fully saturated rings. The summed E-state index contributed by atoms with van der Waals surface area (Å²) in [6, 6.07) is -0.216. The highest BCUT2D eigenvalue weighted by molar-refractivity contribution is 5.18. The molecule has 2 unspecified atom stereocenters. The highest BCUT2D eigenvalue weighted by Gasteiger charge is 2.20. The Labute approximate surface area is 84.5 Å². The van der Waals surface area contributed by atoms with Gasteiger partial charge in [0.05, 0.1) is 12.3 Å². The fraction of sp³-hybridized carbons (Fsp3) is 0.700. The first-order chi connectivity index (χ1) is 6.52. The molecular formula is C10H19N3O. The lowest BCUT2D eigenvalue weighted by molar-refractivity contribution is 0.135. The van der Waals surface area contributed by atoms with Crippen LogP contribution >= 0.6 is 0 Å². The summed E-state index contributed by atoms with van der Waals surface area (Å²) >= 11 is 0. The third kappa shape index (κ3) is 2.56. The number of aromatic nitrogens is 2. The van der Waals surface area contributed by atoms with Gasteiger partial charge in [-0.05, 0) is 19.3 Å². The van der Waals surface area contributed by atoms with Crippen LogP contribution in [0.25, 0.3) is 0 Å². The zero-order valence-electron chi connectivity index (χ0n) is 8.99. The Kier molecular flexibility index (Phi) is 3.66. The fourth-order valence-corrected chi connectivity index (χ4v) is 1.56. The van der Waals surface area contributed by atoms with Crippen molar-refractivity contribution < 1.29 is 5.11 Å². The van der Waals surface area contributed by atoms with Crippen LogP contribution in [0, 0.1) is 12.8 Å². The molecule has 1 heterocycles. The molecular weight excluding hydrogens is 178 g/mol. The van der Waals surface area contributed by atoms with Crippen LogP contribution in [0.2, 0.25) is 0 Å². The minimum atomic E-state index is -0.615. The zero-order valence-corrected chi connectivity index (χ0v) is 8.99. The zero-order chi connectivity index (χ0) is 10.7. The summed E-state index contributed by atoms with van der Waals surface area (Å²) in [4.78, 5) is 0. The molecule has 0 amide bonds. The topological polar surface area (TPSA) is 74.9 Å². The lowest BCUT2D eigenvalue weighted by Crippen LogP contribution is -2.30. The average molecular weight is 197 g/mol. The lowest BCUT2D eigenvalue weighted by atomic mass is 9.96. The van der Waals surface area contributed by atoms with Gasteiger partial charge in [-0.25, -0.2) is 0 Å². The van der Waals surface area contributed by atoms with Crippen molar-refractivity contribution in [2.45, 2.75) is 39.3 Å². The molecule has 0 aromatic carbocycles. The van der Waals surface area contributed by atoms with Crippen molar-refractivity contribution >= 4 is 0 Å². The van der Waals surface area contributed by atoms with Gasteiger partial charge in [0, 0.05) is 17.3 Å². The van der Waals surface area contributed by atoms with Gasteiger partial charge < -0.3 is 10.8 Å². The van der Waals surface area contributed by atoms with Crippen molar-refractivity contribution in [3.63, 3.8) is 0 Å². The predicted molar refractivity (Wildman–Crippen MR) is 55.7 cm³/mol. The second kappa shape index (κ2) is 4.57. The first-order valence-corrected chi connectivity index (χ1v) is 4.96. The van der Waals surface area contributed by atoms with Crippen molar-refractivity contribution in [3.05, 3.63) is 17.5 Å². The molecule has 1 aromatic heterocycles. The quantitative estimate of drug-likeness (QED) is 0.677. The van der Waals surface area contributed by atoms with Crippen LogP contribution < -0.4 is 5.73 Å². The van der Waals surface area contributed by atoms with Gasteiger partial charge in [-0.15, -0.1) is 0 Å². The van der Waals surface area contributed by atoms with Crippen LogP contribution in [-0.2, 0) is 0 Å². The van der Waals surface area contributed by atoms with E-state index in [2.05, 4.69) is 24.0 Å². The molecule has 0 aliphatic carbocycles. The maximum atomic E-state index is 9.92. The summed E-state index contributed by atoms with van der Waals surface area (Å²) in [6.45, 7) is 6.07. The minimum Gasteiger partial charge on any atom is -0.387 e. The van der Waals surface area contributed by atoms with Crippen LogP contribution in [0.3, 0.4) is 0 Å². The van der Waals surface area contributed by atoms with Gasteiger partial charge in [0.25, 0.3) is 0 Å². The van der Waals surface area contributed by atoms with E-state index in [0.29, 0.717) is 5.92 Å². The van der Waals surface area contributed by atoms with Crippen molar-refractivity contribution in [3.8, 4) is 0 Å². The Morgan fingerprint density at radius 2 is 2.21 bits per heavy atom. The largest absolute Gasteiger partial charge is 0.387 e. The monoisotopic (exact) mass is 197 g/mol. The summed E-state index contributed by atoms with van der Waals surface area (Å²) in [5.41, 5.74) is 7.58. The molecule has 4 nitrogen and oxygen atoms in total. The third-order valence-corrected chi connectivity index (χ3v) is 2.34. The van der Waals surface area contributed by atoms with Crippen molar-refractivity contribution in [1.82, 2.24) is 10.2 Å². The minimum absolute atomic E-state index is 0.216. The fourth-order valence-electron chi connectivity index (χ4n) is 1.56. The number of aryl methyl sites for hydroxylation is 1. The molecule has 0 saturated carbocycles. The Bertz CT molecular complexity index is 283. The van der Waals surface area contributed by atoms with Crippen LogP contribution in [-0.4, -0.2) is 21.3 Å². The van der Waals surface area contributed by atoms with Gasteiger partial charge in [0.2, 0.25) is 0 Å². The molecule has 4 heteroatoms. The first-order valence-electron chi connectivity index (χ1n) is 4.96. The average Bonchev–Trinajstić information content (AvgIpc) is 2.48. The second-order valence-corrected chi connectivity index (χ2v) is 4.19. The molecule has 14 heavy (non-hydrogen) atoms. The van der Waals surface area contributed by atoms with Gasteiger partial charge in [-0.1, -0.05) is 13.8 Å². The molecule has 0 saturated heterocycles. The number of nitrogens with zero attached hydrogens (tertiary/aromatic N) is 1. The molecule has 4 N–H and O–H groups in total. The number of nitrogens with two attached hydrogens (primary N) is 1. The number of aliphatic hydroxyl groups is 1. The number of hydrogen-bond donors (Lipinski definition) is 3. The highest BCUT2D eigenvalue weighted by Crippen LogP contribution is 2.21. The smallest absolute Gasteiger partial charge is 0.0973 e. The summed E-state index contributed by atoms with van der Waals surface area (Å²) < 4.78 is 0. The summed E-state index contributed by atoms with van der Waals surface area (Å²) in [5.74, 6) is 0.492. The van der Waals surface area contributed by atoms with Gasteiger partial charge in [0.15, 0.2) is 0 Å². The maximum absolute atomic E-state index is 9.92. The van der Waals surface area contributed by atoms with Crippen molar-refractivity contribution in [2.75, 3.05) is 0 Å². The van der Waals surface area contributed by atoms with E-state index in [0.717, 1.165) is 17.7 Å². The van der Waals surface area contributed by atoms with Crippen molar-refractivity contribution in [1.29, 1.82) is 0 Å². The number of rotatable bonds is 4. The normalized spacial score (nSPS) is 15.9. The van der Waals surface area contributed by atoms with Crippen molar-refractivity contribution in [2.24, 2.45) is 11.7 Å². The molecule has 0 radical (unpaired) electrons. The third-order valence-electron chi connectivity index (χ3n) is 2.34. The Morgan fingerprint density at radius 1 is 1.57 bits per heavy atom. The first kappa shape index (κ1) is 11.2. The SMILES string of the molecule is Cc1[nH]ncc1C(O)C(N)CC(C)C. The molecule has 0 bridgehead atoms. The molecule has 0 aliphatic heterocycles. The summed E-state index contributed by atoms with van der Waals surface area (Å²) in [5, 5.41) is 16.6. The standard InChI is InChI=1S/C10H19N3O/c1-6(2)4-9(11)10(14)8-5-12-13-7(8)3/h5-6,9-10,14H,4,11H2,1-3H3,(H,12,13). The summed E-state index contributed by atoms with van der Waals surface area (Å²) in [7, 11) is 0. The van der Waals surface area contributed by atoms with E-state index >= 15 is 0 Å². The van der Waals surface area contributed by atoms with Gasteiger partial charge in [-0.3, -0.25) is 5.10 Å². The number of aliphatic hydroxyl groups excluding tert-OH is 1. The van der Waals surface area contributed by atoms with Gasteiger partial charge in [0.1, 0.15) is 0 Å². The predicted octanol–water partition coefficient (Wildman–Crippen LogP) is 1.12. The van der Waals surface area contributed by atoms with Crippen LogP contribution in [0.5, 0.6) is 0 Å². The van der Waals surface area contributed by atoms with E-state index in [9.17, 15) is 5.11 Å². The van der Waals surface area contributed by atoms with Crippen LogP contribution in [0.15, 0.2) is 6.20 Å². The molecule has 0 aliphatic rings. The van der Waals surface area contributed by atoms with Crippen LogP contribution in [0.1, 0.15) is 37.6 Å². The molecule has 2 atom stereocenters. The van der Waals surface area contributed by atoms with Crippen LogP contribution in [0.4, 0.5) is 0 Å². The Morgan fingerprint density at radius 3 is 2.64 bits per heavy atom. The number of nitrogens with one attached hydrogen (secondary N) is 1. The second-order valence-electron chi connectivity index (χ2n) is 4.19. The van der Waals surface area contributed by atoms with E-state index in [1.165, 1.54) is 0 Å². The maximum Gasteiger partial charge on any atom is 0.0973 e. The number of H-pyrrole nitrogens is 1. The lowest BCUT2D eigenvalue weighted by Gasteiger charge is -2.20. The molecule has 1 rings (SSSR count). The van der Waals surface area contributed by atoms with E-state index in [4.69, 9.17) is 5.73 Å². The van der Waals surface area contributed by atoms with E-state index in [-0.39, 0.29) is 6.04 Å². The van der Waals surface area contributed by atoms with E-state index in [1.807, 2.05) is 6.92 Å². The van der Waals surface area contributed by atoms with Gasteiger partial charge >= 0.3 is 0 Å². The highest BCUT2D eigenvalue weighted by atomic mass is 16.3. The van der Waals surface area contributed by atoms with E-state index in [1.54, 1.807) is 6.20 Å². The molecule has 80 valence electrons. The summed E-state index contributed by atoms with van der Waals surface area (Å²) in [6.07, 6.45) is 1.84. The number of hydrogen-bond acceptors (Lipinski definition) is 3. The molecule has 1 aromatic rings.